The molecular weight excluding hydrogens is 202 g/mol. The van der Waals surface area contributed by atoms with Crippen LogP contribution in [0.3, 0.4) is 0 Å². The Bertz CT molecular complexity index is 301. The van der Waals surface area contributed by atoms with Crippen LogP contribution in [0, 0.1) is 23.7 Å². The van der Waals surface area contributed by atoms with Crippen molar-refractivity contribution in [1.82, 2.24) is 5.32 Å². The average Bonchev–Trinajstić information content (AvgIpc) is 2.69. The van der Waals surface area contributed by atoms with Gasteiger partial charge in [-0.2, -0.15) is 0 Å². The van der Waals surface area contributed by atoms with Crippen molar-refractivity contribution in [3.63, 3.8) is 0 Å². The summed E-state index contributed by atoms with van der Waals surface area (Å²) in [5.41, 5.74) is 5.51. The predicted molar refractivity (Wildman–Crippen MR) is 62.2 cm³/mol. The average molecular weight is 223 g/mol. The second-order valence-electron chi connectivity index (χ2n) is 5.88. The van der Waals surface area contributed by atoms with E-state index in [2.05, 4.69) is 17.4 Å². The molecule has 0 aromatic carbocycles. The van der Waals surface area contributed by atoms with E-state index in [1.54, 1.807) is 0 Å². The molecule has 4 heteroatoms. The lowest BCUT2D eigenvalue weighted by Gasteiger charge is -2.16. The Morgan fingerprint density at radius 3 is 2.62 bits per heavy atom. The normalized spacial score (nSPS) is 46.8. The molecule has 3 fully saturated rings. The summed E-state index contributed by atoms with van der Waals surface area (Å²) >= 11 is 0. The Balaban J connectivity index is 1.51. The summed E-state index contributed by atoms with van der Waals surface area (Å²) in [4.78, 5) is 0. The summed E-state index contributed by atoms with van der Waals surface area (Å²) in [6, 6.07) is 1.05. The van der Waals surface area contributed by atoms with E-state index in [0.717, 1.165) is 29.7 Å². The maximum absolute atomic E-state index is 8.52. The fraction of sp³-hybridized carbons (Fsp3) is 0.917. The molecule has 0 radical (unpaired) electrons. The standard InChI is InChI=1S/C12H21N3O/c1-6(4-9(13)15-16)14-12-10-7-2-3-8(5-7)11(10)12/h6-8,10-12,14,16H,2-5H2,1H3,(H2,13,15). The highest BCUT2D eigenvalue weighted by Crippen LogP contribution is 2.65. The van der Waals surface area contributed by atoms with E-state index in [0.29, 0.717) is 18.3 Å². The third kappa shape index (κ3) is 1.51. The van der Waals surface area contributed by atoms with Crippen molar-refractivity contribution in [1.29, 1.82) is 0 Å². The number of oxime groups is 1. The van der Waals surface area contributed by atoms with Crippen LogP contribution in [-0.4, -0.2) is 23.1 Å². The van der Waals surface area contributed by atoms with E-state index >= 15 is 0 Å². The molecule has 0 saturated heterocycles. The zero-order chi connectivity index (χ0) is 11.3. The number of nitrogens with two attached hydrogens (primary N) is 1. The van der Waals surface area contributed by atoms with Gasteiger partial charge in [-0.1, -0.05) is 5.16 Å². The number of amidine groups is 1. The minimum Gasteiger partial charge on any atom is -0.409 e. The van der Waals surface area contributed by atoms with Crippen LogP contribution < -0.4 is 11.1 Å². The molecule has 0 aromatic heterocycles. The second kappa shape index (κ2) is 3.62. The Kier molecular flexibility index (Phi) is 2.35. The van der Waals surface area contributed by atoms with Crippen molar-refractivity contribution in [3.05, 3.63) is 0 Å². The molecule has 16 heavy (non-hydrogen) atoms. The Hall–Kier alpha value is -0.770. The summed E-state index contributed by atoms with van der Waals surface area (Å²) in [7, 11) is 0. The molecule has 2 bridgehead atoms. The van der Waals surface area contributed by atoms with Gasteiger partial charge in [-0.15, -0.1) is 0 Å². The smallest absolute Gasteiger partial charge is 0.140 e. The highest BCUT2D eigenvalue weighted by Gasteiger charge is 2.64. The highest BCUT2D eigenvalue weighted by molar-refractivity contribution is 5.80. The molecule has 0 amide bonds. The summed E-state index contributed by atoms with van der Waals surface area (Å²) < 4.78 is 0. The summed E-state index contributed by atoms with van der Waals surface area (Å²) in [6.07, 6.45) is 5.04. The van der Waals surface area contributed by atoms with Gasteiger partial charge < -0.3 is 16.3 Å². The van der Waals surface area contributed by atoms with Gasteiger partial charge in [0.05, 0.1) is 0 Å². The van der Waals surface area contributed by atoms with Crippen LogP contribution in [0.25, 0.3) is 0 Å². The maximum atomic E-state index is 8.52. The molecule has 0 spiro atoms. The van der Waals surface area contributed by atoms with Gasteiger partial charge in [0.2, 0.25) is 0 Å². The highest BCUT2D eigenvalue weighted by atomic mass is 16.4. The first kappa shape index (κ1) is 10.4. The molecule has 0 aliphatic heterocycles. The molecule has 3 rings (SSSR count). The van der Waals surface area contributed by atoms with Crippen LogP contribution in [0.2, 0.25) is 0 Å². The zero-order valence-corrected chi connectivity index (χ0v) is 9.76. The largest absolute Gasteiger partial charge is 0.409 e. The van der Waals surface area contributed by atoms with Crippen molar-refractivity contribution >= 4 is 5.84 Å². The van der Waals surface area contributed by atoms with Crippen molar-refractivity contribution in [3.8, 4) is 0 Å². The number of nitrogens with zero attached hydrogens (tertiary/aromatic N) is 1. The SMILES string of the molecule is CC(CC(N)=NO)NC1C2C3CCC(C3)C12. The number of fused-ring (bicyclic) bond motifs is 5. The van der Waals surface area contributed by atoms with Crippen LogP contribution in [0.1, 0.15) is 32.6 Å². The number of rotatable bonds is 4. The molecule has 4 N–H and O–H groups in total. The lowest BCUT2D eigenvalue weighted by Crippen LogP contribution is -2.35. The first-order valence-electron chi connectivity index (χ1n) is 6.43. The molecule has 3 aliphatic rings. The van der Waals surface area contributed by atoms with E-state index in [1.807, 2.05) is 0 Å². The molecule has 0 heterocycles. The van der Waals surface area contributed by atoms with Gasteiger partial charge in [0.1, 0.15) is 5.84 Å². The van der Waals surface area contributed by atoms with Crippen molar-refractivity contribution in [2.75, 3.05) is 0 Å². The first-order valence-corrected chi connectivity index (χ1v) is 6.43. The Morgan fingerprint density at radius 1 is 1.44 bits per heavy atom. The third-order valence-electron chi connectivity index (χ3n) is 4.86. The van der Waals surface area contributed by atoms with Gasteiger partial charge in [0, 0.05) is 18.5 Å². The Morgan fingerprint density at radius 2 is 2.06 bits per heavy atom. The van der Waals surface area contributed by atoms with Crippen LogP contribution in [0.4, 0.5) is 0 Å². The van der Waals surface area contributed by atoms with Gasteiger partial charge >= 0.3 is 0 Å². The summed E-state index contributed by atoms with van der Waals surface area (Å²) in [6.45, 7) is 2.12. The molecule has 5 atom stereocenters. The maximum Gasteiger partial charge on any atom is 0.140 e. The lowest BCUT2D eigenvalue weighted by atomic mass is 10.0. The molecular formula is C12H21N3O. The third-order valence-corrected chi connectivity index (χ3v) is 4.86. The monoisotopic (exact) mass is 223 g/mol. The topological polar surface area (TPSA) is 70.6 Å². The van der Waals surface area contributed by atoms with Gasteiger partial charge in [-0.25, -0.2) is 0 Å². The molecule has 90 valence electrons. The van der Waals surface area contributed by atoms with Crippen LogP contribution in [-0.2, 0) is 0 Å². The van der Waals surface area contributed by atoms with Crippen LogP contribution >= 0.6 is 0 Å². The van der Waals surface area contributed by atoms with Crippen LogP contribution in [0.15, 0.2) is 5.16 Å². The van der Waals surface area contributed by atoms with Crippen molar-refractivity contribution in [2.24, 2.45) is 34.6 Å². The van der Waals surface area contributed by atoms with Gasteiger partial charge in [-0.05, 0) is 49.9 Å². The van der Waals surface area contributed by atoms with Crippen molar-refractivity contribution in [2.45, 2.75) is 44.7 Å². The quantitative estimate of drug-likeness (QED) is 0.290. The second-order valence-corrected chi connectivity index (χ2v) is 5.88. The fourth-order valence-corrected chi connectivity index (χ4v) is 4.29. The fourth-order valence-electron chi connectivity index (χ4n) is 4.29. The molecule has 0 aromatic rings. The van der Waals surface area contributed by atoms with E-state index in [1.165, 1.54) is 19.3 Å². The summed E-state index contributed by atoms with van der Waals surface area (Å²) in [5, 5.41) is 15.2. The minimum absolute atomic E-state index is 0.325. The van der Waals surface area contributed by atoms with Crippen molar-refractivity contribution < 1.29 is 5.21 Å². The van der Waals surface area contributed by atoms with E-state index < -0.39 is 0 Å². The zero-order valence-electron chi connectivity index (χ0n) is 9.76. The summed E-state index contributed by atoms with van der Waals surface area (Å²) in [5.74, 6) is 4.24. The van der Waals surface area contributed by atoms with Gasteiger partial charge in [0.15, 0.2) is 0 Å². The molecule has 5 unspecified atom stereocenters. The van der Waals surface area contributed by atoms with Gasteiger partial charge in [0.25, 0.3) is 0 Å². The number of hydrogen-bond acceptors (Lipinski definition) is 3. The lowest BCUT2D eigenvalue weighted by molar-refractivity contribution is 0.315. The first-order chi connectivity index (χ1) is 7.70. The Labute approximate surface area is 96.3 Å². The van der Waals surface area contributed by atoms with Crippen LogP contribution in [0.5, 0.6) is 0 Å². The molecule has 4 nitrogen and oxygen atoms in total. The van der Waals surface area contributed by atoms with Gasteiger partial charge in [-0.3, -0.25) is 0 Å². The van der Waals surface area contributed by atoms with E-state index in [9.17, 15) is 0 Å². The van der Waals surface area contributed by atoms with E-state index in [4.69, 9.17) is 10.9 Å². The number of hydrogen-bond donors (Lipinski definition) is 3. The van der Waals surface area contributed by atoms with E-state index in [-0.39, 0.29) is 0 Å². The molecule has 3 saturated carbocycles. The minimum atomic E-state index is 0.325. The molecule has 3 aliphatic carbocycles. The predicted octanol–water partition coefficient (Wildman–Crippen LogP) is 1.15. The number of nitrogens with one attached hydrogen (secondary N) is 1.